The van der Waals surface area contributed by atoms with Crippen LogP contribution in [-0.2, 0) is 20.6 Å². The molecule has 1 N–H and O–H groups in total. The number of ether oxygens (including phenoxy) is 3. The first-order valence-electron chi connectivity index (χ1n) is 9.32. The summed E-state index contributed by atoms with van der Waals surface area (Å²) >= 11 is 0. The fourth-order valence-corrected chi connectivity index (χ4v) is 3.99. The maximum absolute atomic E-state index is 13.3. The van der Waals surface area contributed by atoms with Crippen LogP contribution in [-0.4, -0.2) is 66.1 Å². The van der Waals surface area contributed by atoms with E-state index in [0.29, 0.717) is 24.8 Å². The summed E-state index contributed by atoms with van der Waals surface area (Å²) in [4.78, 5) is 15.3. The van der Waals surface area contributed by atoms with E-state index in [1.54, 1.807) is 0 Å². The number of hydrogen-bond donors (Lipinski definition) is 1. The van der Waals surface area contributed by atoms with E-state index in [-0.39, 0.29) is 24.2 Å². The van der Waals surface area contributed by atoms with Crippen LogP contribution in [0.25, 0.3) is 0 Å². The smallest absolute Gasteiger partial charge is 0.275 e. The maximum Gasteiger partial charge on any atom is 0.275 e. The van der Waals surface area contributed by atoms with E-state index in [9.17, 15) is 4.79 Å². The second-order valence-electron chi connectivity index (χ2n) is 7.46. The van der Waals surface area contributed by atoms with Gasteiger partial charge in [-0.2, -0.15) is 5.10 Å². The summed E-state index contributed by atoms with van der Waals surface area (Å²) in [6.45, 7) is 7.63. The van der Waals surface area contributed by atoms with Gasteiger partial charge in [-0.25, -0.2) is 0 Å². The number of nitrogens with one attached hydrogen (secondary N) is 1. The van der Waals surface area contributed by atoms with Crippen LogP contribution in [0.1, 0.15) is 54.5 Å². The highest BCUT2D eigenvalue weighted by atomic mass is 16.5. The molecule has 2 fully saturated rings. The van der Waals surface area contributed by atoms with Gasteiger partial charge in [0.05, 0.1) is 37.2 Å². The summed E-state index contributed by atoms with van der Waals surface area (Å²) in [5, 5.41) is 7.41. The molecule has 1 aromatic rings. The molecule has 2 saturated heterocycles. The molecular formula is C18H27N3O4. The van der Waals surface area contributed by atoms with E-state index in [1.165, 1.54) is 0 Å². The van der Waals surface area contributed by atoms with E-state index >= 15 is 0 Å². The molecule has 0 aromatic carbocycles. The number of aromatic amines is 1. The Balaban J connectivity index is 1.56. The Morgan fingerprint density at radius 2 is 2.00 bits per heavy atom. The number of nitrogens with zero attached hydrogens (tertiary/aromatic N) is 2. The molecule has 0 radical (unpaired) electrons. The molecule has 1 aromatic heterocycles. The molecule has 0 aliphatic carbocycles. The van der Waals surface area contributed by atoms with Crippen molar-refractivity contribution in [2.75, 3.05) is 33.0 Å². The molecule has 138 valence electrons. The Morgan fingerprint density at radius 3 is 2.68 bits per heavy atom. The van der Waals surface area contributed by atoms with Gasteiger partial charge < -0.3 is 19.1 Å². The van der Waals surface area contributed by atoms with Crippen molar-refractivity contribution in [3.8, 4) is 0 Å². The van der Waals surface area contributed by atoms with Crippen LogP contribution in [0.4, 0.5) is 0 Å². The van der Waals surface area contributed by atoms with Crippen molar-refractivity contribution < 1.29 is 19.0 Å². The summed E-state index contributed by atoms with van der Waals surface area (Å²) in [6.07, 6.45) is 2.80. The van der Waals surface area contributed by atoms with E-state index in [1.807, 2.05) is 18.7 Å². The topological polar surface area (TPSA) is 76.7 Å². The van der Waals surface area contributed by atoms with Gasteiger partial charge in [0, 0.05) is 31.7 Å². The third kappa shape index (κ3) is 3.32. The Kier molecular flexibility index (Phi) is 4.80. The van der Waals surface area contributed by atoms with E-state index in [4.69, 9.17) is 14.2 Å². The summed E-state index contributed by atoms with van der Waals surface area (Å²) in [6, 6.07) is 0.164. The van der Waals surface area contributed by atoms with Crippen LogP contribution in [0.2, 0.25) is 0 Å². The minimum absolute atomic E-state index is 0.0265. The van der Waals surface area contributed by atoms with Gasteiger partial charge >= 0.3 is 0 Å². The van der Waals surface area contributed by atoms with Crippen LogP contribution >= 0.6 is 0 Å². The van der Waals surface area contributed by atoms with Gasteiger partial charge in [0.1, 0.15) is 0 Å². The molecule has 0 spiro atoms. The summed E-state index contributed by atoms with van der Waals surface area (Å²) in [7, 11) is 0. The standard InChI is InChI=1S/C18H27N3O4/c1-11-7-15-16(12(2)25-11)19-20-17(15)18(22)21(14-9-24-10-14)8-13-3-5-23-6-4-13/h11-14H,3-10H2,1-2H3,(H,19,20)/t11-,12+/m1/s1. The van der Waals surface area contributed by atoms with E-state index in [2.05, 4.69) is 10.2 Å². The zero-order chi connectivity index (χ0) is 17.4. The normalized spacial score (nSPS) is 27.6. The van der Waals surface area contributed by atoms with Crippen LogP contribution in [0.3, 0.4) is 0 Å². The highest BCUT2D eigenvalue weighted by Crippen LogP contribution is 2.31. The number of H-pyrrole nitrogens is 1. The van der Waals surface area contributed by atoms with Crippen molar-refractivity contribution in [3.63, 3.8) is 0 Å². The summed E-state index contributed by atoms with van der Waals surface area (Å²) < 4.78 is 16.6. The van der Waals surface area contributed by atoms with Crippen molar-refractivity contribution >= 4 is 5.91 Å². The molecule has 0 bridgehead atoms. The first-order valence-corrected chi connectivity index (χ1v) is 9.32. The average Bonchev–Trinajstić information content (AvgIpc) is 2.97. The fraction of sp³-hybridized carbons (Fsp3) is 0.778. The minimum atomic E-state index is -0.0521. The highest BCUT2D eigenvalue weighted by molar-refractivity contribution is 5.94. The zero-order valence-electron chi connectivity index (χ0n) is 15.0. The molecular weight excluding hydrogens is 322 g/mol. The molecule has 3 aliphatic rings. The SMILES string of the molecule is C[C@@H]1Cc2c(C(=O)N(CC3CCOCC3)C3COC3)n[nH]c2[C@H](C)O1. The number of fused-ring (bicyclic) bond motifs is 1. The molecule has 0 saturated carbocycles. The molecule has 3 aliphatic heterocycles. The number of aromatic nitrogens is 2. The highest BCUT2D eigenvalue weighted by Gasteiger charge is 2.37. The number of rotatable bonds is 4. The third-order valence-electron chi connectivity index (χ3n) is 5.55. The molecule has 0 unspecified atom stereocenters. The minimum Gasteiger partial charge on any atom is -0.381 e. The Hall–Kier alpha value is -1.44. The van der Waals surface area contributed by atoms with Crippen LogP contribution in [0.15, 0.2) is 0 Å². The number of carbonyl (C=O) groups is 1. The fourth-order valence-electron chi connectivity index (χ4n) is 3.99. The lowest BCUT2D eigenvalue weighted by atomic mass is 9.96. The van der Waals surface area contributed by atoms with Crippen molar-refractivity contribution in [1.82, 2.24) is 15.1 Å². The lowest BCUT2D eigenvalue weighted by Crippen LogP contribution is -2.53. The van der Waals surface area contributed by atoms with E-state index < -0.39 is 0 Å². The molecule has 25 heavy (non-hydrogen) atoms. The number of amides is 1. The molecule has 4 rings (SSSR count). The number of carbonyl (C=O) groups excluding carboxylic acids is 1. The lowest BCUT2D eigenvalue weighted by Gasteiger charge is -2.39. The van der Waals surface area contributed by atoms with Gasteiger partial charge in [-0.1, -0.05) is 0 Å². The van der Waals surface area contributed by atoms with Gasteiger partial charge in [-0.15, -0.1) is 0 Å². The van der Waals surface area contributed by atoms with Gasteiger partial charge in [-0.05, 0) is 32.6 Å². The number of hydrogen-bond acceptors (Lipinski definition) is 5. The molecule has 2 atom stereocenters. The van der Waals surface area contributed by atoms with Crippen LogP contribution in [0.5, 0.6) is 0 Å². The van der Waals surface area contributed by atoms with Crippen molar-refractivity contribution in [2.24, 2.45) is 5.92 Å². The predicted molar refractivity (Wildman–Crippen MR) is 90.4 cm³/mol. The summed E-state index contributed by atoms with van der Waals surface area (Å²) in [5.74, 6) is 0.521. The molecule has 7 nitrogen and oxygen atoms in total. The van der Waals surface area contributed by atoms with Crippen LogP contribution in [0, 0.1) is 5.92 Å². The predicted octanol–water partition coefficient (Wildman–Crippen LogP) is 1.70. The zero-order valence-corrected chi connectivity index (χ0v) is 15.0. The second kappa shape index (κ2) is 7.05. The Morgan fingerprint density at radius 1 is 1.24 bits per heavy atom. The van der Waals surface area contributed by atoms with Crippen molar-refractivity contribution in [2.45, 2.75) is 51.4 Å². The average molecular weight is 349 g/mol. The molecule has 1 amide bonds. The first kappa shape index (κ1) is 17.0. The second-order valence-corrected chi connectivity index (χ2v) is 7.46. The molecule has 4 heterocycles. The van der Waals surface area contributed by atoms with Crippen molar-refractivity contribution in [3.05, 3.63) is 17.0 Å². The maximum atomic E-state index is 13.3. The lowest BCUT2D eigenvalue weighted by molar-refractivity contribution is -0.0621. The van der Waals surface area contributed by atoms with E-state index in [0.717, 1.165) is 50.3 Å². The summed E-state index contributed by atoms with van der Waals surface area (Å²) in [5.41, 5.74) is 2.53. The largest absolute Gasteiger partial charge is 0.381 e. The third-order valence-corrected chi connectivity index (χ3v) is 5.55. The quantitative estimate of drug-likeness (QED) is 0.895. The van der Waals surface area contributed by atoms with Gasteiger partial charge in [-0.3, -0.25) is 9.89 Å². The van der Waals surface area contributed by atoms with Crippen molar-refractivity contribution in [1.29, 1.82) is 0 Å². The Bertz CT molecular complexity index is 622. The van der Waals surface area contributed by atoms with Gasteiger partial charge in [0.15, 0.2) is 5.69 Å². The van der Waals surface area contributed by atoms with Gasteiger partial charge in [0.25, 0.3) is 5.91 Å². The monoisotopic (exact) mass is 349 g/mol. The molecule has 7 heteroatoms. The first-order chi connectivity index (χ1) is 12.1. The Labute approximate surface area is 148 Å². The van der Waals surface area contributed by atoms with Gasteiger partial charge in [0.2, 0.25) is 0 Å². The van der Waals surface area contributed by atoms with Crippen LogP contribution < -0.4 is 0 Å².